The molecule has 0 aliphatic rings. The molecular weight excluding hydrogens is 254 g/mol. The Bertz CT molecular complexity index is 747. The molecule has 1 heterocycles. The van der Waals surface area contributed by atoms with E-state index in [1.54, 1.807) is 18.2 Å². The van der Waals surface area contributed by atoms with E-state index in [9.17, 15) is 9.90 Å². The van der Waals surface area contributed by atoms with Gasteiger partial charge in [0.15, 0.2) is 0 Å². The van der Waals surface area contributed by atoms with Crippen LogP contribution in [0.5, 0.6) is 0 Å². The third kappa shape index (κ3) is 2.23. The van der Waals surface area contributed by atoms with E-state index in [1.165, 1.54) is 0 Å². The van der Waals surface area contributed by atoms with Crippen molar-refractivity contribution in [3.8, 4) is 0 Å². The van der Waals surface area contributed by atoms with E-state index < -0.39 is 5.97 Å². The number of anilines is 1. The molecule has 3 aromatic rings. The number of nitrogens with one attached hydrogen (secondary N) is 1. The van der Waals surface area contributed by atoms with Crippen molar-refractivity contribution in [1.82, 2.24) is 0 Å². The first-order valence-electron chi connectivity index (χ1n) is 6.28. The van der Waals surface area contributed by atoms with Crippen LogP contribution in [-0.2, 0) is 6.54 Å². The predicted molar refractivity (Wildman–Crippen MR) is 76.9 cm³/mol. The van der Waals surface area contributed by atoms with E-state index in [-0.39, 0.29) is 5.56 Å². The molecule has 4 heteroatoms. The number of para-hydroxylation sites is 2. The lowest BCUT2D eigenvalue weighted by Gasteiger charge is -2.04. The lowest BCUT2D eigenvalue weighted by molar-refractivity contribution is 0.0696. The Hall–Kier alpha value is -2.75. The maximum Gasteiger partial charge on any atom is 0.339 e. The highest BCUT2D eigenvalue weighted by molar-refractivity contribution is 6.03. The Morgan fingerprint density at radius 1 is 1.05 bits per heavy atom. The van der Waals surface area contributed by atoms with Crippen molar-refractivity contribution in [1.29, 1.82) is 0 Å². The molecule has 20 heavy (non-hydrogen) atoms. The number of hydrogen-bond donors (Lipinski definition) is 2. The zero-order chi connectivity index (χ0) is 13.9. The molecule has 0 unspecified atom stereocenters. The quantitative estimate of drug-likeness (QED) is 0.755. The van der Waals surface area contributed by atoms with E-state index in [0.29, 0.717) is 23.3 Å². The van der Waals surface area contributed by atoms with E-state index in [2.05, 4.69) is 5.32 Å². The lowest BCUT2D eigenvalue weighted by atomic mass is 10.1. The highest BCUT2D eigenvalue weighted by atomic mass is 16.4. The SMILES string of the molecule is O=C(O)c1c(CNc2ccccc2)oc2ccccc12. The van der Waals surface area contributed by atoms with E-state index >= 15 is 0 Å². The number of carboxylic acids is 1. The third-order valence-corrected chi connectivity index (χ3v) is 3.11. The van der Waals surface area contributed by atoms with Gasteiger partial charge in [-0.15, -0.1) is 0 Å². The Kier molecular flexibility index (Phi) is 3.13. The average molecular weight is 267 g/mol. The molecule has 2 aromatic carbocycles. The Labute approximate surface area is 115 Å². The number of aromatic carboxylic acids is 1. The second kappa shape index (κ2) is 5.09. The van der Waals surface area contributed by atoms with Crippen LogP contribution in [0.1, 0.15) is 16.1 Å². The second-order valence-electron chi connectivity index (χ2n) is 4.42. The Morgan fingerprint density at radius 2 is 1.75 bits per heavy atom. The van der Waals surface area contributed by atoms with Crippen molar-refractivity contribution in [3.05, 3.63) is 65.9 Å². The normalized spacial score (nSPS) is 10.6. The molecule has 3 rings (SSSR count). The van der Waals surface area contributed by atoms with Crippen molar-refractivity contribution < 1.29 is 14.3 Å². The first-order valence-corrected chi connectivity index (χ1v) is 6.28. The van der Waals surface area contributed by atoms with Gasteiger partial charge in [-0.1, -0.05) is 36.4 Å². The van der Waals surface area contributed by atoms with Crippen LogP contribution in [0, 0.1) is 0 Å². The van der Waals surface area contributed by atoms with Gasteiger partial charge < -0.3 is 14.8 Å². The van der Waals surface area contributed by atoms with Crippen LogP contribution >= 0.6 is 0 Å². The fraction of sp³-hybridized carbons (Fsp3) is 0.0625. The summed E-state index contributed by atoms with van der Waals surface area (Å²) in [7, 11) is 0. The fourth-order valence-corrected chi connectivity index (χ4v) is 2.19. The monoisotopic (exact) mass is 267 g/mol. The summed E-state index contributed by atoms with van der Waals surface area (Å²) in [6.07, 6.45) is 0. The smallest absolute Gasteiger partial charge is 0.339 e. The van der Waals surface area contributed by atoms with Crippen molar-refractivity contribution in [2.24, 2.45) is 0 Å². The fourth-order valence-electron chi connectivity index (χ4n) is 2.19. The van der Waals surface area contributed by atoms with Gasteiger partial charge in [-0.2, -0.15) is 0 Å². The molecule has 0 aliphatic heterocycles. The zero-order valence-corrected chi connectivity index (χ0v) is 10.7. The molecule has 100 valence electrons. The third-order valence-electron chi connectivity index (χ3n) is 3.11. The van der Waals surface area contributed by atoms with Gasteiger partial charge in [-0.05, 0) is 18.2 Å². The predicted octanol–water partition coefficient (Wildman–Crippen LogP) is 3.74. The molecule has 4 nitrogen and oxygen atoms in total. The van der Waals surface area contributed by atoms with Crippen LogP contribution in [0.3, 0.4) is 0 Å². The molecule has 0 spiro atoms. The minimum atomic E-state index is -0.972. The minimum absolute atomic E-state index is 0.226. The summed E-state index contributed by atoms with van der Waals surface area (Å²) in [5.41, 5.74) is 1.74. The molecular formula is C16H13NO3. The molecule has 0 bridgehead atoms. The topological polar surface area (TPSA) is 62.5 Å². The van der Waals surface area contributed by atoms with Gasteiger partial charge in [-0.25, -0.2) is 4.79 Å². The summed E-state index contributed by atoms with van der Waals surface area (Å²) in [6.45, 7) is 0.334. The number of hydrogen-bond acceptors (Lipinski definition) is 3. The van der Waals surface area contributed by atoms with Gasteiger partial charge >= 0.3 is 5.97 Å². The molecule has 2 N–H and O–H groups in total. The van der Waals surface area contributed by atoms with E-state index in [1.807, 2.05) is 36.4 Å². The van der Waals surface area contributed by atoms with E-state index in [4.69, 9.17) is 4.42 Å². The van der Waals surface area contributed by atoms with Gasteiger partial charge in [0.1, 0.15) is 16.9 Å². The first kappa shape index (κ1) is 12.3. The number of benzene rings is 2. The largest absolute Gasteiger partial charge is 0.478 e. The summed E-state index contributed by atoms with van der Waals surface area (Å²) in [5.74, 6) is -0.539. The van der Waals surface area contributed by atoms with Crippen LogP contribution < -0.4 is 5.32 Å². The zero-order valence-electron chi connectivity index (χ0n) is 10.7. The van der Waals surface area contributed by atoms with Gasteiger partial charge in [0.2, 0.25) is 0 Å². The maximum absolute atomic E-state index is 11.4. The van der Waals surface area contributed by atoms with Crippen molar-refractivity contribution >= 4 is 22.6 Å². The lowest BCUT2D eigenvalue weighted by Crippen LogP contribution is -2.04. The van der Waals surface area contributed by atoms with Crippen LogP contribution in [0.4, 0.5) is 5.69 Å². The Balaban J connectivity index is 1.95. The molecule has 0 saturated heterocycles. The first-order chi connectivity index (χ1) is 9.75. The molecule has 0 aliphatic carbocycles. The van der Waals surface area contributed by atoms with Gasteiger partial charge in [0.05, 0.1) is 6.54 Å². The van der Waals surface area contributed by atoms with Crippen LogP contribution in [0.15, 0.2) is 59.0 Å². The maximum atomic E-state index is 11.4. The minimum Gasteiger partial charge on any atom is -0.478 e. The number of carboxylic acid groups (broad SMARTS) is 1. The number of furan rings is 1. The molecule has 0 radical (unpaired) electrons. The number of fused-ring (bicyclic) bond motifs is 1. The summed E-state index contributed by atoms with van der Waals surface area (Å²) in [5, 5.41) is 13.2. The summed E-state index contributed by atoms with van der Waals surface area (Å²) < 4.78 is 5.64. The molecule has 1 aromatic heterocycles. The summed E-state index contributed by atoms with van der Waals surface area (Å²) in [4.78, 5) is 11.4. The van der Waals surface area contributed by atoms with Gasteiger partial charge in [-0.3, -0.25) is 0 Å². The van der Waals surface area contributed by atoms with E-state index in [0.717, 1.165) is 5.69 Å². The Morgan fingerprint density at radius 3 is 2.50 bits per heavy atom. The van der Waals surface area contributed by atoms with Crippen LogP contribution in [0.2, 0.25) is 0 Å². The highest BCUT2D eigenvalue weighted by Gasteiger charge is 2.19. The summed E-state index contributed by atoms with van der Waals surface area (Å²) in [6, 6.07) is 16.8. The molecule has 0 atom stereocenters. The second-order valence-corrected chi connectivity index (χ2v) is 4.42. The van der Waals surface area contributed by atoms with Crippen LogP contribution in [0.25, 0.3) is 11.0 Å². The van der Waals surface area contributed by atoms with Crippen molar-refractivity contribution in [2.75, 3.05) is 5.32 Å². The number of carbonyl (C=O) groups is 1. The standard InChI is InChI=1S/C16H13NO3/c18-16(19)15-12-8-4-5-9-13(12)20-14(15)10-17-11-6-2-1-3-7-11/h1-9,17H,10H2,(H,18,19). The van der Waals surface area contributed by atoms with Gasteiger partial charge in [0, 0.05) is 11.1 Å². The van der Waals surface area contributed by atoms with Crippen LogP contribution in [-0.4, -0.2) is 11.1 Å². The van der Waals surface area contributed by atoms with Crippen molar-refractivity contribution in [3.63, 3.8) is 0 Å². The van der Waals surface area contributed by atoms with Crippen molar-refractivity contribution in [2.45, 2.75) is 6.54 Å². The van der Waals surface area contributed by atoms with Gasteiger partial charge in [0.25, 0.3) is 0 Å². The summed E-state index contributed by atoms with van der Waals surface area (Å²) >= 11 is 0. The highest BCUT2D eigenvalue weighted by Crippen LogP contribution is 2.26. The molecule has 0 amide bonds. The molecule has 0 saturated carbocycles. The number of rotatable bonds is 4. The molecule has 0 fully saturated rings. The average Bonchev–Trinajstić information content (AvgIpc) is 2.84.